The van der Waals surface area contributed by atoms with Gasteiger partial charge in [0.25, 0.3) is 0 Å². The number of hydrogen-bond acceptors (Lipinski definition) is 4. The Labute approximate surface area is 150 Å². The van der Waals surface area contributed by atoms with E-state index in [0.717, 1.165) is 34.8 Å². The van der Waals surface area contributed by atoms with E-state index in [9.17, 15) is 0 Å². The molecule has 2 aromatic carbocycles. The van der Waals surface area contributed by atoms with Crippen LogP contribution in [0.25, 0.3) is 0 Å². The first-order valence-electron chi connectivity index (χ1n) is 8.86. The van der Waals surface area contributed by atoms with Crippen molar-refractivity contribution in [2.45, 2.75) is 33.1 Å². The largest absolute Gasteiger partial charge is 0.494 e. The summed E-state index contributed by atoms with van der Waals surface area (Å²) in [6, 6.07) is 12.3. The van der Waals surface area contributed by atoms with E-state index in [1.165, 1.54) is 5.56 Å². The highest BCUT2D eigenvalue weighted by Crippen LogP contribution is 2.36. The molecule has 4 nitrogen and oxygen atoms in total. The Bertz CT molecular complexity index is 685. The molecule has 0 aromatic heterocycles. The van der Waals surface area contributed by atoms with Crippen LogP contribution < -0.4 is 19.9 Å². The van der Waals surface area contributed by atoms with Crippen LogP contribution in [0.3, 0.4) is 0 Å². The number of ether oxygens (including phenoxy) is 3. The molecule has 0 amide bonds. The molecule has 136 valence electrons. The van der Waals surface area contributed by atoms with Crippen molar-refractivity contribution in [3.8, 4) is 17.2 Å². The highest BCUT2D eigenvalue weighted by Gasteiger charge is 2.19. The number of rotatable bonds is 9. The van der Waals surface area contributed by atoms with Crippen LogP contribution in [0.4, 0.5) is 0 Å². The molecule has 2 N–H and O–H groups in total. The van der Waals surface area contributed by atoms with Crippen molar-refractivity contribution < 1.29 is 14.2 Å². The average Bonchev–Trinajstić information content (AvgIpc) is 2.62. The normalized spacial score (nSPS) is 11.9. The zero-order valence-corrected chi connectivity index (χ0v) is 15.7. The maximum Gasteiger partial charge on any atom is 0.163 e. The minimum Gasteiger partial charge on any atom is -0.494 e. The molecule has 0 radical (unpaired) electrons. The van der Waals surface area contributed by atoms with Crippen molar-refractivity contribution in [1.82, 2.24) is 0 Å². The summed E-state index contributed by atoms with van der Waals surface area (Å²) < 4.78 is 17.1. The van der Waals surface area contributed by atoms with Crippen molar-refractivity contribution in [3.63, 3.8) is 0 Å². The van der Waals surface area contributed by atoms with Gasteiger partial charge in [0.1, 0.15) is 5.75 Å². The van der Waals surface area contributed by atoms with Gasteiger partial charge in [-0.1, -0.05) is 29.8 Å². The Morgan fingerprint density at radius 2 is 1.72 bits per heavy atom. The molecule has 0 aliphatic carbocycles. The molecule has 25 heavy (non-hydrogen) atoms. The molecule has 0 heterocycles. The predicted octanol–water partition coefficient (Wildman–Crippen LogP) is 4.09. The third kappa shape index (κ3) is 4.67. The Kier molecular flexibility index (Phi) is 7.14. The fraction of sp³-hybridized carbons (Fsp3) is 0.429. The zero-order chi connectivity index (χ0) is 18.2. The molecule has 2 aromatic rings. The molecule has 2 rings (SSSR count). The SMILES string of the molecule is CCOc1ccc(C)cc1C(CN)Cc1cccc(OCC)c1OC. The second kappa shape index (κ2) is 9.33. The lowest BCUT2D eigenvalue weighted by Crippen LogP contribution is -2.17. The Morgan fingerprint density at radius 3 is 2.36 bits per heavy atom. The van der Waals surface area contributed by atoms with Crippen LogP contribution >= 0.6 is 0 Å². The number of para-hydroxylation sites is 1. The molecule has 0 bridgehead atoms. The summed E-state index contributed by atoms with van der Waals surface area (Å²) in [4.78, 5) is 0. The molecule has 0 saturated heterocycles. The van der Waals surface area contributed by atoms with Crippen molar-refractivity contribution in [2.24, 2.45) is 5.73 Å². The van der Waals surface area contributed by atoms with Gasteiger partial charge in [-0.25, -0.2) is 0 Å². The Hall–Kier alpha value is -2.20. The lowest BCUT2D eigenvalue weighted by Gasteiger charge is -2.21. The number of methoxy groups -OCH3 is 1. The molecule has 0 aliphatic rings. The molecule has 1 atom stereocenters. The van der Waals surface area contributed by atoms with Crippen LogP contribution in [0.15, 0.2) is 36.4 Å². The van der Waals surface area contributed by atoms with E-state index in [-0.39, 0.29) is 5.92 Å². The standard InChI is InChI=1S/C21H29NO3/c1-5-24-19-11-10-15(3)12-18(19)17(14-22)13-16-8-7-9-20(25-6-2)21(16)23-4/h7-12,17H,5-6,13-14,22H2,1-4H3. The average molecular weight is 343 g/mol. The lowest BCUT2D eigenvalue weighted by atomic mass is 9.90. The van der Waals surface area contributed by atoms with Gasteiger partial charge in [-0.05, 0) is 57.0 Å². The number of aryl methyl sites for hydroxylation is 1. The van der Waals surface area contributed by atoms with Crippen molar-refractivity contribution in [3.05, 3.63) is 53.1 Å². The first kappa shape index (κ1) is 19.1. The first-order valence-corrected chi connectivity index (χ1v) is 8.86. The van der Waals surface area contributed by atoms with Gasteiger partial charge in [0.2, 0.25) is 0 Å². The minimum absolute atomic E-state index is 0.146. The van der Waals surface area contributed by atoms with Crippen molar-refractivity contribution >= 4 is 0 Å². The second-order valence-electron chi connectivity index (χ2n) is 5.99. The van der Waals surface area contributed by atoms with Crippen molar-refractivity contribution in [1.29, 1.82) is 0 Å². The van der Waals surface area contributed by atoms with E-state index >= 15 is 0 Å². The molecule has 0 spiro atoms. The number of benzene rings is 2. The first-order chi connectivity index (χ1) is 12.1. The smallest absolute Gasteiger partial charge is 0.163 e. The van der Waals surface area contributed by atoms with E-state index < -0.39 is 0 Å². The third-order valence-corrected chi connectivity index (χ3v) is 4.22. The quantitative estimate of drug-likeness (QED) is 0.745. The van der Waals surface area contributed by atoms with Crippen LogP contribution in [0.5, 0.6) is 17.2 Å². The van der Waals surface area contributed by atoms with Crippen molar-refractivity contribution in [2.75, 3.05) is 26.9 Å². The zero-order valence-electron chi connectivity index (χ0n) is 15.7. The van der Waals surface area contributed by atoms with Gasteiger partial charge in [0.05, 0.1) is 20.3 Å². The van der Waals surface area contributed by atoms with Crippen LogP contribution in [0.1, 0.15) is 36.5 Å². The van der Waals surface area contributed by atoms with Gasteiger partial charge >= 0.3 is 0 Å². The van der Waals surface area contributed by atoms with Gasteiger partial charge in [0.15, 0.2) is 11.5 Å². The van der Waals surface area contributed by atoms with Gasteiger partial charge in [0, 0.05) is 5.92 Å². The fourth-order valence-electron chi connectivity index (χ4n) is 3.08. The molecule has 0 fully saturated rings. The van der Waals surface area contributed by atoms with Crippen LogP contribution in [-0.4, -0.2) is 26.9 Å². The topological polar surface area (TPSA) is 53.7 Å². The van der Waals surface area contributed by atoms with E-state index in [1.807, 2.05) is 32.0 Å². The van der Waals surface area contributed by atoms with E-state index in [2.05, 4.69) is 25.1 Å². The lowest BCUT2D eigenvalue weighted by molar-refractivity contribution is 0.308. The third-order valence-electron chi connectivity index (χ3n) is 4.22. The van der Waals surface area contributed by atoms with Gasteiger partial charge < -0.3 is 19.9 Å². The summed E-state index contributed by atoms with van der Waals surface area (Å²) in [7, 11) is 1.68. The predicted molar refractivity (Wildman–Crippen MR) is 102 cm³/mol. The summed E-state index contributed by atoms with van der Waals surface area (Å²) >= 11 is 0. The molecular formula is C21H29NO3. The summed E-state index contributed by atoms with van der Waals surface area (Å²) in [5, 5.41) is 0. The van der Waals surface area contributed by atoms with Gasteiger partial charge in [-0.2, -0.15) is 0 Å². The fourth-order valence-corrected chi connectivity index (χ4v) is 3.08. The highest BCUT2D eigenvalue weighted by atomic mass is 16.5. The van der Waals surface area contributed by atoms with Gasteiger partial charge in [-0.15, -0.1) is 0 Å². The Balaban J connectivity index is 2.38. The number of nitrogens with two attached hydrogens (primary N) is 1. The van der Waals surface area contributed by atoms with Crippen LogP contribution in [0, 0.1) is 6.92 Å². The molecule has 1 unspecified atom stereocenters. The highest BCUT2D eigenvalue weighted by molar-refractivity contribution is 5.48. The summed E-state index contributed by atoms with van der Waals surface area (Å²) in [5.74, 6) is 2.61. The maximum atomic E-state index is 6.13. The molecule has 0 saturated carbocycles. The Morgan fingerprint density at radius 1 is 1.00 bits per heavy atom. The van der Waals surface area contributed by atoms with Crippen LogP contribution in [0.2, 0.25) is 0 Å². The van der Waals surface area contributed by atoms with E-state index in [4.69, 9.17) is 19.9 Å². The number of hydrogen-bond donors (Lipinski definition) is 1. The summed E-state index contributed by atoms with van der Waals surface area (Å²) in [6.07, 6.45) is 0.768. The second-order valence-corrected chi connectivity index (χ2v) is 5.99. The van der Waals surface area contributed by atoms with E-state index in [0.29, 0.717) is 19.8 Å². The van der Waals surface area contributed by atoms with E-state index in [1.54, 1.807) is 7.11 Å². The molecular weight excluding hydrogens is 314 g/mol. The summed E-state index contributed by atoms with van der Waals surface area (Å²) in [6.45, 7) is 7.82. The van der Waals surface area contributed by atoms with Gasteiger partial charge in [-0.3, -0.25) is 0 Å². The van der Waals surface area contributed by atoms with Crippen LogP contribution in [-0.2, 0) is 6.42 Å². The molecule has 4 heteroatoms. The summed E-state index contributed by atoms with van der Waals surface area (Å²) in [5.41, 5.74) is 9.57. The molecule has 0 aliphatic heterocycles. The maximum absolute atomic E-state index is 6.13. The minimum atomic E-state index is 0.146. The monoisotopic (exact) mass is 343 g/mol.